The maximum absolute atomic E-state index is 5.56. The summed E-state index contributed by atoms with van der Waals surface area (Å²) in [7, 11) is 1.81. The molecular formula is C23H37IN6O. The fraction of sp³-hybridized carbons (Fsp3) is 0.565. The molecule has 3 rings (SSSR count). The van der Waals surface area contributed by atoms with Crippen molar-refractivity contribution in [3.63, 3.8) is 0 Å². The first-order chi connectivity index (χ1) is 14.7. The first kappa shape index (κ1) is 25.6. The van der Waals surface area contributed by atoms with E-state index < -0.39 is 0 Å². The monoisotopic (exact) mass is 540 g/mol. The predicted molar refractivity (Wildman–Crippen MR) is 138 cm³/mol. The minimum atomic E-state index is 0. The van der Waals surface area contributed by atoms with Gasteiger partial charge in [-0.05, 0) is 11.5 Å². The molecule has 1 aromatic heterocycles. The highest BCUT2D eigenvalue weighted by Gasteiger charge is 2.27. The number of rotatable bonds is 9. The molecule has 8 heteroatoms. The minimum Gasteiger partial charge on any atom is -0.379 e. The molecule has 1 fully saturated rings. The van der Waals surface area contributed by atoms with Gasteiger partial charge in [0, 0.05) is 32.7 Å². The van der Waals surface area contributed by atoms with Crippen LogP contribution in [0, 0.1) is 5.92 Å². The normalized spacial score (nSPS) is 16.1. The number of aromatic nitrogens is 2. The van der Waals surface area contributed by atoms with Gasteiger partial charge in [-0.3, -0.25) is 9.89 Å². The maximum Gasteiger partial charge on any atom is 0.191 e. The number of benzene rings is 1. The lowest BCUT2D eigenvalue weighted by atomic mass is 9.92. The predicted octanol–water partition coefficient (Wildman–Crippen LogP) is 3.50. The van der Waals surface area contributed by atoms with Crippen LogP contribution in [0.1, 0.15) is 32.5 Å². The zero-order chi connectivity index (χ0) is 21.2. The minimum absolute atomic E-state index is 0. The molecule has 2 heterocycles. The van der Waals surface area contributed by atoms with E-state index in [0.29, 0.717) is 18.5 Å². The summed E-state index contributed by atoms with van der Waals surface area (Å²) in [5.74, 6) is 2.35. The summed E-state index contributed by atoms with van der Waals surface area (Å²) in [5, 5.41) is 6.93. The number of guanidine groups is 1. The van der Waals surface area contributed by atoms with Crippen LogP contribution in [0.4, 0.5) is 0 Å². The van der Waals surface area contributed by atoms with E-state index in [4.69, 9.17) is 4.74 Å². The first-order valence-corrected chi connectivity index (χ1v) is 11.1. The number of nitrogens with zero attached hydrogens (tertiary/aromatic N) is 3. The third kappa shape index (κ3) is 7.47. The standard InChI is InChI=1S/C23H36N6O.HI/c1-4-18(5-2)21(29-11-13-30-14-12-29)16-26-23(24-3)27-17-22-25-15-20(28-22)19-9-7-6-8-10-19;/h6-10,15,18,21H,4-5,11-14,16-17H2,1-3H3,(H,25,28)(H2,24,26,27);1H. The summed E-state index contributed by atoms with van der Waals surface area (Å²) in [4.78, 5) is 14.9. The zero-order valence-electron chi connectivity index (χ0n) is 18.9. The van der Waals surface area contributed by atoms with E-state index in [1.54, 1.807) is 0 Å². The first-order valence-electron chi connectivity index (χ1n) is 11.1. The van der Waals surface area contributed by atoms with Crippen LogP contribution in [-0.2, 0) is 11.3 Å². The van der Waals surface area contributed by atoms with Crippen molar-refractivity contribution >= 4 is 29.9 Å². The Bertz CT molecular complexity index is 771. The van der Waals surface area contributed by atoms with Crippen molar-refractivity contribution in [3.05, 3.63) is 42.4 Å². The lowest BCUT2D eigenvalue weighted by Crippen LogP contribution is -2.53. The van der Waals surface area contributed by atoms with Crippen LogP contribution in [0.25, 0.3) is 11.3 Å². The third-order valence-electron chi connectivity index (χ3n) is 5.95. The van der Waals surface area contributed by atoms with Crippen LogP contribution in [0.3, 0.4) is 0 Å². The maximum atomic E-state index is 5.56. The van der Waals surface area contributed by atoms with Crippen LogP contribution in [0.2, 0.25) is 0 Å². The van der Waals surface area contributed by atoms with Crippen molar-refractivity contribution in [2.45, 2.75) is 39.3 Å². The van der Waals surface area contributed by atoms with Gasteiger partial charge in [-0.25, -0.2) is 4.98 Å². The Morgan fingerprint density at radius 2 is 1.87 bits per heavy atom. The Labute approximate surface area is 203 Å². The molecule has 172 valence electrons. The Kier molecular flexibility index (Phi) is 11.3. The quantitative estimate of drug-likeness (QED) is 0.258. The number of ether oxygens (including phenoxy) is 1. The van der Waals surface area contributed by atoms with Crippen molar-refractivity contribution in [1.82, 2.24) is 25.5 Å². The van der Waals surface area contributed by atoms with Gasteiger partial charge in [0.15, 0.2) is 5.96 Å². The van der Waals surface area contributed by atoms with E-state index in [0.717, 1.165) is 55.9 Å². The highest BCUT2D eigenvalue weighted by Crippen LogP contribution is 2.19. The van der Waals surface area contributed by atoms with E-state index in [2.05, 4.69) is 56.5 Å². The molecule has 2 aromatic rings. The summed E-state index contributed by atoms with van der Waals surface area (Å²) in [6.45, 7) is 9.70. The number of hydrogen-bond acceptors (Lipinski definition) is 4. The van der Waals surface area contributed by atoms with Crippen molar-refractivity contribution in [2.75, 3.05) is 39.9 Å². The number of aliphatic imine (C=N–C) groups is 1. The lowest BCUT2D eigenvalue weighted by Gasteiger charge is -2.39. The highest BCUT2D eigenvalue weighted by atomic mass is 127. The second-order valence-corrected chi connectivity index (χ2v) is 7.71. The average molecular weight is 540 g/mol. The fourth-order valence-electron chi connectivity index (χ4n) is 4.14. The number of H-pyrrole nitrogens is 1. The van der Waals surface area contributed by atoms with Gasteiger partial charge in [0.25, 0.3) is 0 Å². The van der Waals surface area contributed by atoms with Gasteiger partial charge in [0.05, 0.1) is 31.6 Å². The Morgan fingerprint density at radius 1 is 1.16 bits per heavy atom. The average Bonchev–Trinajstić information content (AvgIpc) is 3.29. The summed E-state index contributed by atoms with van der Waals surface area (Å²) in [6, 6.07) is 10.7. The SMILES string of the molecule is CCC(CC)C(CNC(=NC)NCc1ncc(-c2ccccc2)[nH]1)N1CCOCC1.I. The highest BCUT2D eigenvalue weighted by molar-refractivity contribution is 14.0. The van der Waals surface area contributed by atoms with Crippen molar-refractivity contribution in [3.8, 4) is 11.3 Å². The number of morpholine rings is 1. The number of halogens is 1. The molecule has 0 bridgehead atoms. The van der Waals surface area contributed by atoms with Crippen molar-refractivity contribution < 1.29 is 4.74 Å². The molecule has 0 saturated carbocycles. The largest absolute Gasteiger partial charge is 0.379 e. The van der Waals surface area contributed by atoms with Gasteiger partial charge in [-0.2, -0.15) is 0 Å². The topological polar surface area (TPSA) is 77.6 Å². The summed E-state index contributed by atoms with van der Waals surface area (Å²) >= 11 is 0. The van der Waals surface area contributed by atoms with Crippen LogP contribution in [0.15, 0.2) is 41.5 Å². The van der Waals surface area contributed by atoms with Gasteiger partial charge < -0.3 is 20.4 Å². The second-order valence-electron chi connectivity index (χ2n) is 7.71. The zero-order valence-corrected chi connectivity index (χ0v) is 21.3. The van der Waals surface area contributed by atoms with E-state index >= 15 is 0 Å². The molecule has 7 nitrogen and oxygen atoms in total. The molecule has 0 aliphatic carbocycles. The van der Waals surface area contributed by atoms with Gasteiger partial charge in [-0.15, -0.1) is 24.0 Å². The molecule has 1 aliphatic rings. The molecule has 1 saturated heterocycles. The summed E-state index contributed by atoms with van der Waals surface area (Å²) in [6.07, 6.45) is 4.24. The van der Waals surface area contributed by atoms with Crippen LogP contribution in [0.5, 0.6) is 0 Å². The lowest BCUT2D eigenvalue weighted by molar-refractivity contribution is 0.00272. The Balaban J connectivity index is 0.00000341. The number of aromatic amines is 1. The van der Waals surface area contributed by atoms with E-state index in [-0.39, 0.29) is 24.0 Å². The summed E-state index contributed by atoms with van der Waals surface area (Å²) in [5.41, 5.74) is 2.16. The molecule has 1 aliphatic heterocycles. The molecule has 0 radical (unpaired) electrons. The molecule has 1 unspecified atom stereocenters. The number of nitrogens with one attached hydrogen (secondary N) is 3. The van der Waals surface area contributed by atoms with Crippen molar-refractivity contribution in [1.29, 1.82) is 0 Å². The van der Waals surface area contributed by atoms with E-state index in [1.807, 2.05) is 31.4 Å². The Hall–Kier alpha value is -1.65. The Morgan fingerprint density at radius 3 is 2.52 bits per heavy atom. The molecule has 3 N–H and O–H groups in total. The molecule has 0 spiro atoms. The fourth-order valence-corrected chi connectivity index (χ4v) is 4.14. The van der Waals surface area contributed by atoms with Gasteiger partial charge >= 0.3 is 0 Å². The molecule has 31 heavy (non-hydrogen) atoms. The van der Waals surface area contributed by atoms with Crippen LogP contribution in [-0.4, -0.2) is 66.8 Å². The smallest absolute Gasteiger partial charge is 0.191 e. The van der Waals surface area contributed by atoms with E-state index in [1.165, 1.54) is 12.8 Å². The molecule has 1 aromatic carbocycles. The van der Waals surface area contributed by atoms with Gasteiger partial charge in [-0.1, -0.05) is 57.0 Å². The second kappa shape index (κ2) is 13.7. The van der Waals surface area contributed by atoms with Crippen molar-refractivity contribution in [2.24, 2.45) is 10.9 Å². The molecular weight excluding hydrogens is 503 g/mol. The third-order valence-corrected chi connectivity index (χ3v) is 5.95. The van der Waals surface area contributed by atoms with Crippen LogP contribution >= 0.6 is 24.0 Å². The van der Waals surface area contributed by atoms with Gasteiger partial charge in [0.1, 0.15) is 5.82 Å². The molecule has 1 atom stereocenters. The van der Waals surface area contributed by atoms with Gasteiger partial charge in [0.2, 0.25) is 0 Å². The molecule has 0 amide bonds. The number of hydrogen-bond donors (Lipinski definition) is 3. The van der Waals surface area contributed by atoms with Crippen LogP contribution < -0.4 is 10.6 Å². The van der Waals surface area contributed by atoms with E-state index in [9.17, 15) is 0 Å². The summed E-state index contributed by atoms with van der Waals surface area (Å²) < 4.78 is 5.56. The number of imidazole rings is 1.